The Labute approximate surface area is 139 Å². The van der Waals surface area contributed by atoms with E-state index < -0.39 is 0 Å². The van der Waals surface area contributed by atoms with Crippen molar-refractivity contribution in [2.24, 2.45) is 0 Å². The number of aryl methyl sites for hydroxylation is 4. The molecule has 0 spiro atoms. The normalized spacial score (nSPS) is 11.2. The molecule has 0 saturated heterocycles. The average Bonchev–Trinajstić information content (AvgIpc) is 3.22. The first kappa shape index (κ1) is 17.7. The number of nitrogens with zero attached hydrogens (tertiary/aromatic N) is 2. The highest BCUT2D eigenvalue weighted by Crippen LogP contribution is 2.05. The molecule has 0 aromatic carbocycles. The predicted octanol–water partition coefficient (Wildman–Crippen LogP) is 3.62. The van der Waals surface area contributed by atoms with Crippen LogP contribution in [0.2, 0.25) is 0 Å². The fourth-order valence-corrected chi connectivity index (χ4v) is 2.57. The van der Waals surface area contributed by atoms with E-state index in [9.17, 15) is 0 Å². The smallest absolute Gasteiger partial charge is 0.105 e. The van der Waals surface area contributed by atoms with Crippen molar-refractivity contribution >= 4 is 0 Å². The highest BCUT2D eigenvalue weighted by molar-refractivity contribution is 5.01. The maximum absolute atomic E-state index is 5.71. The van der Waals surface area contributed by atoms with Gasteiger partial charge in [0.2, 0.25) is 0 Å². The van der Waals surface area contributed by atoms with Gasteiger partial charge in [0.15, 0.2) is 0 Å². The number of unbranched alkanes of at least 4 members (excludes halogenated alkanes) is 2. The molecule has 0 fully saturated rings. The lowest BCUT2D eigenvalue weighted by molar-refractivity contribution is 0.127. The zero-order valence-electron chi connectivity index (χ0n) is 14.5. The molecule has 2 rings (SSSR count). The van der Waals surface area contributed by atoms with Crippen LogP contribution in [0, 0.1) is 0 Å². The molecule has 0 aliphatic rings. The lowest BCUT2D eigenvalue weighted by atomic mass is 10.2. The fourth-order valence-electron chi connectivity index (χ4n) is 2.57. The van der Waals surface area contributed by atoms with E-state index in [1.807, 2.05) is 12.4 Å². The monoisotopic (exact) mass is 318 g/mol. The van der Waals surface area contributed by atoms with E-state index in [2.05, 4.69) is 33.8 Å². The summed E-state index contributed by atoms with van der Waals surface area (Å²) in [5.74, 6) is 2.17. The Hall–Kier alpha value is -1.62. The molecule has 128 valence electrons. The van der Waals surface area contributed by atoms with E-state index >= 15 is 0 Å². The first-order chi connectivity index (χ1) is 11.3. The van der Waals surface area contributed by atoms with Crippen molar-refractivity contribution in [3.63, 3.8) is 0 Å². The quantitative estimate of drug-likeness (QED) is 0.587. The molecule has 0 saturated carbocycles. The lowest BCUT2D eigenvalue weighted by Crippen LogP contribution is -1.99. The van der Waals surface area contributed by atoms with Crippen LogP contribution in [0.25, 0.3) is 0 Å². The number of H-pyrrole nitrogens is 2. The van der Waals surface area contributed by atoms with Crippen LogP contribution in [-0.4, -0.2) is 33.1 Å². The van der Waals surface area contributed by atoms with Gasteiger partial charge in [-0.15, -0.1) is 0 Å². The minimum atomic E-state index is 0.860. The van der Waals surface area contributed by atoms with Gasteiger partial charge in [0.05, 0.1) is 0 Å². The van der Waals surface area contributed by atoms with Gasteiger partial charge in [0, 0.05) is 49.8 Å². The van der Waals surface area contributed by atoms with Crippen molar-refractivity contribution in [1.82, 2.24) is 19.9 Å². The fraction of sp³-hybridized carbons (Fsp3) is 0.667. The predicted molar refractivity (Wildman–Crippen MR) is 92.6 cm³/mol. The highest BCUT2D eigenvalue weighted by atomic mass is 16.5. The molecule has 2 aromatic heterocycles. The summed E-state index contributed by atoms with van der Waals surface area (Å²) in [7, 11) is 0. The zero-order valence-corrected chi connectivity index (χ0v) is 14.5. The number of ether oxygens (including phenoxy) is 1. The molecule has 2 heterocycles. The third kappa shape index (κ3) is 6.57. The molecule has 0 radical (unpaired) electrons. The minimum Gasteiger partial charge on any atom is -0.381 e. The molecule has 2 N–H and O–H groups in total. The maximum atomic E-state index is 5.71. The second-order valence-corrected chi connectivity index (χ2v) is 5.94. The van der Waals surface area contributed by atoms with Gasteiger partial charge in [-0.2, -0.15) is 0 Å². The Bertz CT molecular complexity index is 498. The van der Waals surface area contributed by atoms with E-state index in [-0.39, 0.29) is 0 Å². The van der Waals surface area contributed by atoms with Gasteiger partial charge in [-0.3, -0.25) is 0 Å². The number of nitrogens with one attached hydrogen (secondary N) is 2. The van der Waals surface area contributed by atoms with E-state index in [1.165, 1.54) is 11.4 Å². The van der Waals surface area contributed by atoms with Gasteiger partial charge < -0.3 is 14.7 Å². The van der Waals surface area contributed by atoms with E-state index in [1.54, 1.807) is 0 Å². The number of hydrogen-bond donors (Lipinski definition) is 2. The standard InChI is InChI=1S/C18H30N4O/c1-3-17-19-13-15(21-17)9-5-7-11-23-12-8-6-10-16-14-20-18(4-2)22-16/h13-14H,3-12H2,1-2H3,(H,19,21)(H,20,22). The van der Waals surface area contributed by atoms with Crippen LogP contribution in [0.3, 0.4) is 0 Å². The zero-order chi connectivity index (χ0) is 16.3. The van der Waals surface area contributed by atoms with Crippen LogP contribution >= 0.6 is 0 Å². The van der Waals surface area contributed by atoms with Crippen molar-refractivity contribution < 1.29 is 4.74 Å². The SMILES string of the molecule is CCc1ncc(CCCCOCCCCc2cnc(CC)[nH]2)[nH]1. The summed E-state index contributed by atoms with van der Waals surface area (Å²) in [4.78, 5) is 15.3. The third-order valence-electron chi connectivity index (χ3n) is 4.00. The first-order valence-corrected chi connectivity index (χ1v) is 8.95. The maximum Gasteiger partial charge on any atom is 0.105 e. The molecule has 0 aliphatic heterocycles. The van der Waals surface area contributed by atoms with Crippen molar-refractivity contribution in [3.05, 3.63) is 35.4 Å². The van der Waals surface area contributed by atoms with Crippen LogP contribution in [0.1, 0.15) is 62.6 Å². The summed E-state index contributed by atoms with van der Waals surface area (Å²) in [6, 6.07) is 0. The van der Waals surface area contributed by atoms with Gasteiger partial charge in [0.1, 0.15) is 11.6 Å². The molecule has 23 heavy (non-hydrogen) atoms. The molecule has 5 nitrogen and oxygen atoms in total. The minimum absolute atomic E-state index is 0.860. The van der Waals surface area contributed by atoms with Gasteiger partial charge in [-0.25, -0.2) is 9.97 Å². The average molecular weight is 318 g/mol. The number of aromatic nitrogens is 4. The molecule has 2 aromatic rings. The summed E-state index contributed by atoms with van der Waals surface area (Å²) >= 11 is 0. The van der Waals surface area contributed by atoms with Gasteiger partial charge >= 0.3 is 0 Å². The van der Waals surface area contributed by atoms with Crippen LogP contribution < -0.4 is 0 Å². The van der Waals surface area contributed by atoms with E-state index in [4.69, 9.17) is 4.74 Å². The van der Waals surface area contributed by atoms with Crippen molar-refractivity contribution in [3.8, 4) is 0 Å². The Morgan fingerprint density at radius 1 is 0.783 bits per heavy atom. The summed E-state index contributed by atoms with van der Waals surface area (Å²) in [5, 5.41) is 0. The summed E-state index contributed by atoms with van der Waals surface area (Å²) in [5.41, 5.74) is 2.49. The lowest BCUT2D eigenvalue weighted by Gasteiger charge is -2.04. The molecular formula is C18H30N4O. The summed E-state index contributed by atoms with van der Waals surface area (Å²) in [6.45, 7) is 5.95. The molecule has 5 heteroatoms. The Morgan fingerprint density at radius 2 is 1.26 bits per heavy atom. The van der Waals surface area contributed by atoms with Crippen LogP contribution in [-0.2, 0) is 30.4 Å². The van der Waals surface area contributed by atoms with Crippen LogP contribution in [0.15, 0.2) is 12.4 Å². The molecular weight excluding hydrogens is 288 g/mol. The Morgan fingerprint density at radius 3 is 1.65 bits per heavy atom. The van der Waals surface area contributed by atoms with Crippen molar-refractivity contribution in [2.75, 3.05) is 13.2 Å². The van der Waals surface area contributed by atoms with Crippen molar-refractivity contribution in [2.45, 2.75) is 65.2 Å². The molecule has 0 amide bonds. The summed E-state index contributed by atoms with van der Waals surface area (Å²) in [6.07, 6.45) is 12.5. The van der Waals surface area contributed by atoms with Gasteiger partial charge in [-0.05, 0) is 38.5 Å². The second kappa shape index (κ2) is 10.2. The Kier molecular flexibility index (Phi) is 7.87. The second-order valence-electron chi connectivity index (χ2n) is 5.94. The van der Waals surface area contributed by atoms with Gasteiger partial charge in [-0.1, -0.05) is 13.8 Å². The molecule has 0 aliphatic carbocycles. The van der Waals surface area contributed by atoms with Crippen molar-refractivity contribution in [1.29, 1.82) is 0 Å². The summed E-state index contributed by atoms with van der Waals surface area (Å²) < 4.78 is 5.71. The Balaban J connectivity index is 1.42. The number of imidazole rings is 2. The number of rotatable bonds is 12. The highest BCUT2D eigenvalue weighted by Gasteiger charge is 2.00. The molecule has 0 bridgehead atoms. The molecule has 0 unspecified atom stereocenters. The van der Waals surface area contributed by atoms with Gasteiger partial charge in [0.25, 0.3) is 0 Å². The first-order valence-electron chi connectivity index (χ1n) is 8.95. The number of aromatic amines is 2. The van der Waals surface area contributed by atoms with Crippen LogP contribution in [0.4, 0.5) is 0 Å². The van der Waals surface area contributed by atoms with E-state index in [0.717, 1.165) is 76.2 Å². The topological polar surface area (TPSA) is 66.6 Å². The number of hydrogen-bond acceptors (Lipinski definition) is 3. The van der Waals surface area contributed by atoms with E-state index in [0.29, 0.717) is 0 Å². The third-order valence-corrected chi connectivity index (χ3v) is 4.00. The molecule has 0 atom stereocenters. The largest absolute Gasteiger partial charge is 0.381 e. The van der Waals surface area contributed by atoms with Crippen LogP contribution in [0.5, 0.6) is 0 Å².